The average molecular weight is 244 g/mol. The van der Waals surface area contributed by atoms with Crippen molar-refractivity contribution in [3.8, 4) is 0 Å². The van der Waals surface area contributed by atoms with Crippen LogP contribution in [0, 0.1) is 0 Å². The van der Waals surface area contributed by atoms with Crippen molar-refractivity contribution >= 4 is 7.14 Å². The molecule has 0 fully saturated rings. The molecule has 14 heavy (non-hydrogen) atoms. The Morgan fingerprint density at radius 2 is 1.14 bits per heavy atom. The monoisotopic (exact) mass is 244 g/mol. The predicted molar refractivity (Wildman–Crippen MR) is 36.5 cm³/mol. The third kappa shape index (κ3) is 1.91. The van der Waals surface area contributed by atoms with Gasteiger partial charge in [-0.3, -0.25) is 0 Å². The van der Waals surface area contributed by atoms with Crippen LogP contribution in [-0.2, 0) is 4.57 Å². The summed E-state index contributed by atoms with van der Waals surface area (Å²) in [6, 6.07) is 0. The lowest BCUT2D eigenvalue weighted by molar-refractivity contribution is -0.331. The number of rotatable bonds is 1. The van der Waals surface area contributed by atoms with Crippen molar-refractivity contribution in [2.24, 2.45) is 0 Å². The fourth-order valence-corrected chi connectivity index (χ4v) is 1.99. The van der Waals surface area contributed by atoms with Gasteiger partial charge in [0.05, 0.1) is 0 Å². The minimum atomic E-state index is -6.01. The molecule has 0 aromatic heterocycles. The lowest BCUT2D eigenvalue weighted by atomic mass is 10.3. The van der Waals surface area contributed by atoms with Crippen molar-refractivity contribution < 1.29 is 36.0 Å². The third-order valence-corrected chi connectivity index (χ3v) is 3.64. The second-order valence-corrected chi connectivity index (χ2v) is 6.37. The van der Waals surface area contributed by atoms with E-state index < -0.39 is 24.8 Å². The Kier molecular flexibility index (Phi) is 3.08. The van der Waals surface area contributed by atoms with Gasteiger partial charge in [-0.15, -0.1) is 0 Å². The summed E-state index contributed by atoms with van der Waals surface area (Å²) in [5.74, 6) is 0. The van der Waals surface area contributed by atoms with Crippen molar-refractivity contribution in [3.63, 3.8) is 0 Å². The van der Waals surface area contributed by atoms with Gasteiger partial charge in [-0.25, -0.2) is 0 Å². The first-order valence-electron chi connectivity index (χ1n) is 3.16. The summed E-state index contributed by atoms with van der Waals surface area (Å²) in [6.07, 6.45) is -12.0. The van der Waals surface area contributed by atoms with Crippen LogP contribution < -0.4 is 0 Å². The number of hydrogen-bond acceptors (Lipinski definition) is 2. The molecule has 0 saturated heterocycles. The van der Waals surface area contributed by atoms with Crippen LogP contribution in [0.5, 0.6) is 0 Å². The second kappa shape index (κ2) is 3.13. The van der Waals surface area contributed by atoms with Crippen molar-refractivity contribution in [3.05, 3.63) is 0 Å². The standard InChI is InChI=1S/C5H7F6O2P/c1-14(2,13)3(12,4(6,7)8)5(9,10)11/h12H,1-2H3. The Bertz CT molecular complexity index is 246. The van der Waals surface area contributed by atoms with Crippen LogP contribution in [0.4, 0.5) is 26.3 Å². The topological polar surface area (TPSA) is 37.3 Å². The molecule has 0 heterocycles. The molecule has 0 unspecified atom stereocenters. The highest BCUT2D eigenvalue weighted by Gasteiger charge is 2.76. The number of hydrogen-bond donors (Lipinski definition) is 1. The van der Waals surface area contributed by atoms with E-state index in [-0.39, 0.29) is 13.3 Å². The summed E-state index contributed by atoms with van der Waals surface area (Å²) >= 11 is 0. The van der Waals surface area contributed by atoms with E-state index in [4.69, 9.17) is 5.11 Å². The maximum absolute atomic E-state index is 12.0. The van der Waals surface area contributed by atoms with Crippen LogP contribution >= 0.6 is 7.14 Å². The molecule has 0 atom stereocenters. The van der Waals surface area contributed by atoms with Gasteiger partial charge in [0, 0.05) is 0 Å². The zero-order chi connectivity index (χ0) is 12.0. The van der Waals surface area contributed by atoms with Crippen LogP contribution in [0.3, 0.4) is 0 Å². The molecule has 0 aliphatic rings. The lowest BCUT2D eigenvalue weighted by Crippen LogP contribution is -2.56. The van der Waals surface area contributed by atoms with Gasteiger partial charge in [0.15, 0.2) is 0 Å². The Hall–Kier alpha value is -0.230. The Morgan fingerprint density at radius 1 is 0.929 bits per heavy atom. The van der Waals surface area contributed by atoms with Gasteiger partial charge in [0.1, 0.15) is 7.14 Å². The molecule has 0 aromatic carbocycles. The zero-order valence-corrected chi connectivity index (χ0v) is 7.96. The van der Waals surface area contributed by atoms with E-state index in [0.717, 1.165) is 0 Å². The summed E-state index contributed by atoms with van der Waals surface area (Å²) in [6.45, 7) is 0.460. The number of aliphatic hydroxyl groups is 1. The van der Waals surface area contributed by atoms with Crippen molar-refractivity contribution in [2.75, 3.05) is 13.3 Å². The smallest absolute Gasteiger partial charge is 0.367 e. The molecule has 2 nitrogen and oxygen atoms in total. The van der Waals surface area contributed by atoms with Gasteiger partial charge in [0.25, 0.3) is 0 Å². The van der Waals surface area contributed by atoms with Crippen LogP contribution in [0.15, 0.2) is 0 Å². The highest BCUT2D eigenvalue weighted by Crippen LogP contribution is 2.64. The molecule has 0 aromatic rings. The molecule has 0 rings (SSSR count). The molecule has 9 heteroatoms. The fraction of sp³-hybridized carbons (Fsp3) is 1.00. The number of alkyl halides is 6. The molecule has 0 aliphatic heterocycles. The minimum absolute atomic E-state index is 0.230. The van der Waals surface area contributed by atoms with Gasteiger partial charge in [-0.05, 0) is 13.3 Å². The molecule has 0 saturated carbocycles. The van der Waals surface area contributed by atoms with Gasteiger partial charge in [0.2, 0.25) is 0 Å². The van der Waals surface area contributed by atoms with Gasteiger partial charge in [-0.2, -0.15) is 26.3 Å². The molecular formula is C5H7F6O2P. The zero-order valence-electron chi connectivity index (χ0n) is 7.07. The lowest BCUT2D eigenvalue weighted by Gasteiger charge is -2.35. The first kappa shape index (κ1) is 13.8. The van der Waals surface area contributed by atoms with E-state index in [1.54, 1.807) is 0 Å². The third-order valence-electron chi connectivity index (χ3n) is 1.57. The second-order valence-electron chi connectivity index (χ2n) is 3.02. The van der Waals surface area contributed by atoms with Crippen LogP contribution in [0.25, 0.3) is 0 Å². The molecule has 0 bridgehead atoms. The van der Waals surface area contributed by atoms with Crippen molar-refractivity contribution in [1.82, 2.24) is 0 Å². The molecule has 0 aliphatic carbocycles. The summed E-state index contributed by atoms with van der Waals surface area (Å²) in [4.78, 5) is 0. The average Bonchev–Trinajstić information content (AvgIpc) is 1.77. The SMILES string of the molecule is CP(C)(=O)C(O)(C(F)(F)F)C(F)(F)F. The van der Waals surface area contributed by atoms with Gasteiger partial charge >= 0.3 is 17.7 Å². The Labute approximate surface area is 75.3 Å². The van der Waals surface area contributed by atoms with Crippen LogP contribution in [0.2, 0.25) is 0 Å². The Morgan fingerprint density at radius 3 is 1.14 bits per heavy atom. The van der Waals surface area contributed by atoms with E-state index in [0.29, 0.717) is 0 Å². The van der Waals surface area contributed by atoms with Crippen LogP contribution in [-0.4, -0.2) is 36.1 Å². The Balaban J connectivity index is 5.67. The first-order valence-corrected chi connectivity index (χ1v) is 5.76. The van der Waals surface area contributed by atoms with E-state index in [1.165, 1.54) is 0 Å². The molecule has 0 radical (unpaired) electrons. The van der Waals surface area contributed by atoms with Gasteiger partial charge in [-0.1, -0.05) is 0 Å². The molecule has 0 spiro atoms. The van der Waals surface area contributed by atoms with Gasteiger partial charge < -0.3 is 9.67 Å². The van der Waals surface area contributed by atoms with E-state index in [9.17, 15) is 30.9 Å². The van der Waals surface area contributed by atoms with E-state index >= 15 is 0 Å². The minimum Gasteiger partial charge on any atom is -0.367 e. The predicted octanol–water partition coefficient (Wildman–Crippen LogP) is 2.42. The number of halogens is 6. The normalized spacial score (nSPS) is 15.8. The molecule has 0 amide bonds. The largest absolute Gasteiger partial charge is 0.433 e. The fourth-order valence-electron chi connectivity index (χ4n) is 0.771. The molecular weight excluding hydrogens is 237 g/mol. The maximum Gasteiger partial charge on any atom is 0.433 e. The quantitative estimate of drug-likeness (QED) is 0.568. The highest BCUT2D eigenvalue weighted by molar-refractivity contribution is 7.63. The summed E-state index contributed by atoms with van der Waals surface area (Å²) in [5.41, 5.74) is 0. The summed E-state index contributed by atoms with van der Waals surface area (Å²) in [7, 11) is -4.83. The first-order chi connectivity index (χ1) is 5.75. The molecule has 1 N–H and O–H groups in total. The maximum atomic E-state index is 12.0. The van der Waals surface area contributed by atoms with Crippen molar-refractivity contribution in [2.45, 2.75) is 17.7 Å². The highest BCUT2D eigenvalue weighted by atomic mass is 31.2. The summed E-state index contributed by atoms with van der Waals surface area (Å²) < 4.78 is 82.6. The van der Waals surface area contributed by atoms with Crippen molar-refractivity contribution in [1.29, 1.82) is 0 Å². The van der Waals surface area contributed by atoms with Crippen LogP contribution in [0.1, 0.15) is 0 Å². The van der Waals surface area contributed by atoms with E-state index in [1.807, 2.05) is 0 Å². The summed E-state index contributed by atoms with van der Waals surface area (Å²) in [5, 5.41) is 3.38. The van der Waals surface area contributed by atoms with E-state index in [2.05, 4.69) is 0 Å². The molecule has 86 valence electrons.